The molecule has 5 heteroatoms. The summed E-state index contributed by atoms with van der Waals surface area (Å²) >= 11 is 0. The first-order valence-electron chi connectivity index (χ1n) is 5.53. The number of aromatic nitrogens is 2. The Balaban J connectivity index is 2.78. The van der Waals surface area contributed by atoms with Crippen molar-refractivity contribution in [2.45, 2.75) is 20.8 Å². The molecular weight excluding hydrogens is 206 g/mol. The molecule has 0 aromatic carbocycles. The molecule has 16 heavy (non-hydrogen) atoms. The quantitative estimate of drug-likeness (QED) is 0.732. The Morgan fingerprint density at radius 1 is 1.25 bits per heavy atom. The van der Waals surface area contributed by atoms with E-state index >= 15 is 0 Å². The van der Waals surface area contributed by atoms with Crippen molar-refractivity contribution in [3.8, 4) is 5.88 Å². The molecule has 1 rings (SSSR count). The Kier molecular flexibility index (Phi) is 4.37. The molecule has 0 saturated carbocycles. The van der Waals surface area contributed by atoms with E-state index in [2.05, 4.69) is 9.97 Å². The smallest absolute Gasteiger partial charge is 0.360 e. The molecule has 1 aromatic heterocycles. The van der Waals surface area contributed by atoms with Crippen LogP contribution < -0.4 is 4.74 Å². The highest BCUT2D eigenvalue weighted by atomic mass is 16.6. The highest BCUT2D eigenvalue weighted by Gasteiger charge is 2.34. The van der Waals surface area contributed by atoms with Gasteiger partial charge in [0.05, 0.1) is 25.8 Å². The van der Waals surface area contributed by atoms with Crippen LogP contribution in [0.15, 0.2) is 18.6 Å². The summed E-state index contributed by atoms with van der Waals surface area (Å²) in [7, 11) is 0. The minimum atomic E-state index is -0.270. The molecule has 0 aliphatic heterocycles. The molecule has 0 atom stereocenters. The van der Waals surface area contributed by atoms with Gasteiger partial charge in [0.2, 0.25) is 5.88 Å². The minimum Gasteiger partial charge on any atom is -0.360 e. The maximum Gasteiger partial charge on any atom is 0.522 e. The first kappa shape index (κ1) is 12.6. The van der Waals surface area contributed by atoms with Crippen molar-refractivity contribution >= 4 is 6.09 Å². The minimum absolute atomic E-state index is 0.255. The third kappa shape index (κ3) is 2.55. The van der Waals surface area contributed by atoms with E-state index in [0.29, 0.717) is 24.1 Å². The summed E-state index contributed by atoms with van der Waals surface area (Å²) in [6.45, 7) is 8.07. The second kappa shape index (κ2) is 5.55. The predicted octanol–water partition coefficient (Wildman–Crippen LogP) is 1.85. The molecule has 1 amide bonds. The largest absolute Gasteiger partial charge is 0.522 e. The fourth-order valence-corrected chi connectivity index (χ4v) is 1.58. The summed E-state index contributed by atoms with van der Waals surface area (Å²) in [5.74, 6) is 0.255. The molecule has 0 aliphatic rings. The van der Waals surface area contributed by atoms with Crippen LogP contribution in [0.5, 0.6) is 5.88 Å². The van der Waals surface area contributed by atoms with E-state index < -0.39 is 0 Å². The molecule has 0 saturated heterocycles. The molecule has 0 bridgehead atoms. The number of nitrogens with zero attached hydrogens (tertiary/aromatic N) is 3. The van der Waals surface area contributed by atoms with Gasteiger partial charge in [0.15, 0.2) is 0 Å². The third-order valence-corrected chi connectivity index (χ3v) is 2.93. The molecule has 0 radical (unpaired) electrons. The van der Waals surface area contributed by atoms with Gasteiger partial charge in [-0.25, -0.2) is 9.47 Å². The normalized spacial score (nSPS) is 11.2. The highest BCUT2D eigenvalue weighted by molar-refractivity contribution is 5.62. The van der Waals surface area contributed by atoms with Crippen molar-refractivity contribution in [3.63, 3.8) is 0 Å². The Bertz CT molecular complexity index is 328. The number of ether oxygens (including phenoxy) is 1. The molecule has 0 unspecified atom stereocenters. The predicted molar refractivity (Wildman–Crippen MR) is 59.9 cm³/mol. The second-order valence-corrected chi connectivity index (χ2v) is 3.51. The number of hydrogen-bond donors (Lipinski definition) is 0. The van der Waals surface area contributed by atoms with E-state index in [9.17, 15) is 4.79 Å². The number of carbonyl (C=O) groups is 1. The van der Waals surface area contributed by atoms with Gasteiger partial charge in [0.1, 0.15) is 0 Å². The van der Waals surface area contributed by atoms with E-state index in [1.165, 1.54) is 12.4 Å². The Labute approximate surface area is 95.7 Å². The van der Waals surface area contributed by atoms with Crippen molar-refractivity contribution in [2.75, 3.05) is 19.6 Å². The summed E-state index contributed by atoms with van der Waals surface area (Å²) in [5, 5.41) is 0. The molecule has 1 aromatic rings. The average molecular weight is 224 g/mol. The zero-order valence-electron chi connectivity index (χ0n) is 10.0. The second-order valence-electron chi connectivity index (χ2n) is 3.51. The number of amides is 1. The monoisotopic (exact) mass is 224 g/mol. The summed E-state index contributed by atoms with van der Waals surface area (Å²) in [5.41, 5.74) is 0. The van der Waals surface area contributed by atoms with Gasteiger partial charge in [-0.3, -0.25) is 4.98 Å². The van der Waals surface area contributed by atoms with Crippen LogP contribution in [0.1, 0.15) is 20.8 Å². The molecule has 0 fully saturated rings. The molecule has 5 nitrogen and oxygen atoms in total. The lowest BCUT2D eigenvalue weighted by Gasteiger charge is -2.30. The van der Waals surface area contributed by atoms with Crippen molar-refractivity contribution in [3.05, 3.63) is 18.6 Å². The lowest BCUT2D eigenvalue weighted by Crippen LogP contribution is -2.53. The van der Waals surface area contributed by atoms with Gasteiger partial charge >= 0.3 is 6.09 Å². The number of quaternary nitrogens is 1. The summed E-state index contributed by atoms with van der Waals surface area (Å²) < 4.78 is 5.51. The Hall–Kier alpha value is -1.49. The fraction of sp³-hybridized carbons (Fsp3) is 0.545. The van der Waals surface area contributed by atoms with Crippen molar-refractivity contribution in [1.82, 2.24) is 9.97 Å². The first-order valence-corrected chi connectivity index (χ1v) is 5.53. The first-order chi connectivity index (χ1) is 7.68. The maximum absolute atomic E-state index is 12.0. The van der Waals surface area contributed by atoms with Gasteiger partial charge in [-0.15, -0.1) is 0 Å². The SMILES string of the molecule is CC[N+](CC)(CC)C(=O)Oc1cnccn1. The molecular formula is C11H18N3O2+. The zero-order valence-corrected chi connectivity index (χ0v) is 10.0. The third-order valence-electron chi connectivity index (χ3n) is 2.93. The standard InChI is InChI=1S/C11H18N3O2/c1-4-14(5-2,6-3)11(15)16-10-9-12-7-8-13-10/h7-9H,4-6H2,1-3H3/q+1. The van der Waals surface area contributed by atoms with E-state index in [1.54, 1.807) is 6.20 Å². The molecule has 0 N–H and O–H groups in total. The van der Waals surface area contributed by atoms with Crippen LogP contribution in [-0.2, 0) is 0 Å². The van der Waals surface area contributed by atoms with Crippen molar-refractivity contribution < 1.29 is 14.0 Å². The van der Waals surface area contributed by atoms with Crippen LogP contribution in [0.25, 0.3) is 0 Å². The van der Waals surface area contributed by atoms with Crippen LogP contribution in [0.4, 0.5) is 4.79 Å². The van der Waals surface area contributed by atoms with Gasteiger partial charge < -0.3 is 4.74 Å². The van der Waals surface area contributed by atoms with Crippen molar-refractivity contribution in [1.29, 1.82) is 0 Å². The molecule has 88 valence electrons. The average Bonchev–Trinajstić information content (AvgIpc) is 2.33. The van der Waals surface area contributed by atoms with Gasteiger partial charge in [-0.2, -0.15) is 4.79 Å². The zero-order chi connectivity index (χ0) is 12.0. The number of hydrogen-bond acceptors (Lipinski definition) is 4. The molecule has 1 heterocycles. The van der Waals surface area contributed by atoms with Crippen molar-refractivity contribution in [2.24, 2.45) is 0 Å². The maximum atomic E-state index is 12.0. The van der Waals surface area contributed by atoms with E-state index in [-0.39, 0.29) is 12.0 Å². The fourth-order valence-electron chi connectivity index (χ4n) is 1.58. The lowest BCUT2D eigenvalue weighted by molar-refractivity contribution is -0.850. The van der Waals surface area contributed by atoms with Gasteiger partial charge in [-0.05, 0) is 20.8 Å². The van der Waals surface area contributed by atoms with E-state index in [0.717, 1.165) is 0 Å². The van der Waals surface area contributed by atoms with Gasteiger partial charge in [0.25, 0.3) is 0 Å². The van der Waals surface area contributed by atoms with Crippen LogP contribution >= 0.6 is 0 Å². The van der Waals surface area contributed by atoms with Gasteiger partial charge in [-0.1, -0.05) is 0 Å². The summed E-state index contributed by atoms with van der Waals surface area (Å²) in [6.07, 6.45) is 4.21. The Morgan fingerprint density at radius 3 is 2.31 bits per heavy atom. The van der Waals surface area contributed by atoms with Gasteiger partial charge in [0, 0.05) is 12.4 Å². The van der Waals surface area contributed by atoms with Crippen LogP contribution in [0.3, 0.4) is 0 Å². The number of rotatable bonds is 4. The lowest BCUT2D eigenvalue weighted by atomic mass is 10.4. The van der Waals surface area contributed by atoms with Crippen LogP contribution in [-0.4, -0.2) is 40.2 Å². The molecule has 0 aliphatic carbocycles. The summed E-state index contributed by atoms with van der Waals surface area (Å²) in [4.78, 5) is 19.8. The van der Waals surface area contributed by atoms with E-state index in [4.69, 9.17) is 4.74 Å². The topological polar surface area (TPSA) is 52.1 Å². The Morgan fingerprint density at radius 2 is 1.88 bits per heavy atom. The number of carbonyl (C=O) groups excluding carboxylic acids is 1. The van der Waals surface area contributed by atoms with Crippen LogP contribution in [0, 0.1) is 0 Å². The highest BCUT2D eigenvalue weighted by Crippen LogP contribution is 2.12. The van der Waals surface area contributed by atoms with E-state index in [1.807, 2.05) is 20.8 Å². The summed E-state index contributed by atoms with van der Waals surface area (Å²) in [6, 6.07) is 0. The van der Waals surface area contributed by atoms with Crippen LogP contribution in [0.2, 0.25) is 0 Å². The molecule has 0 spiro atoms.